The van der Waals surface area contributed by atoms with E-state index in [1.807, 2.05) is 15.6 Å². The van der Waals surface area contributed by atoms with Crippen LogP contribution in [0.4, 0.5) is 0 Å². The van der Waals surface area contributed by atoms with E-state index in [0.717, 1.165) is 49.6 Å². The molecule has 3 heterocycles. The maximum absolute atomic E-state index is 11.9. The van der Waals surface area contributed by atoms with Crippen molar-refractivity contribution >= 4 is 5.91 Å². The minimum absolute atomic E-state index is 0.0550. The lowest BCUT2D eigenvalue weighted by Crippen LogP contribution is -2.40. The van der Waals surface area contributed by atoms with Gasteiger partial charge in [0.1, 0.15) is 12.3 Å². The minimum atomic E-state index is 0.0550. The van der Waals surface area contributed by atoms with Crippen LogP contribution in [0.1, 0.15) is 31.4 Å². The normalized spacial score (nSPS) is 15.7. The van der Waals surface area contributed by atoms with E-state index in [1.54, 1.807) is 25.7 Å². The highest BCUT2D eigenvalue weighted by Crippen LogP contribution is 2.32. The summed E-state index contributed by atoms with van der Waals surface area (Å²) in [6, 6.07) is 1.98. The fraction of sp³-hybridized carbons (Fsp3) is 0.529. The van der Waals surface area contributed by atoms with E-state index >= 15 is 0 Å². The van der Waals surface area contributed by atoms with Crippen molar-refractivity contribution in [2.75, 3.05) is 26.8 Å². The number of carbonyl (C=O) groups is 1. The summed E-state index contributed by atoms with van der Waals surface area (Å²) in [7, 11) is 1.55. The van der Waals surface area contributed by atoms with Gasteiger partial charge in [-0.3, -0.25) is 19.4 Å². The molecule has 0 aromatic carbocycles. The molecule has 7 nitrogen and oxygen atoms in total. The first-order valence-electron chi connectivity index (χ1n) is 8.34. The zero-order chi connectivity index (χ0) is 16.9. The van der Waals surface area contributed by atoms with Gasteiger partial charge in [-0.2, -0.15) is 5.10 Å². The molecular formula is C17H23N5O2. The van der Waals surface area contributed by atoms with Crippen LogP contribution in [-0.4, -0.2) is 57.4 Å². The second kappa shape index (κ2) is 7.53. The van der Waals surface area contributed by atoms with E-state index < -0.39 is 0 Å². The summed E-state index contributed by atoms with van der Waals surface area (Å²) in [5, 5.41) is 4.34. The van der Waals surface area contributed by atoms with Crippen LogP contribution < -0.4 is 0 Å². The van der Waals surface area contributed by atoms with Gasteiger partial charge in [0.05, 0.1) is 11.4 Å². The van der Waals surface area contributed by atoms with Crippen molar-refractivity contribution in [3.8, 4) is 11.4 Å². The van der Waals surface area contributed by atoms with Crippen LogP contribution in [0.3, 0.4) is 0 Å². The van der Waals surface area contributed by atoms with Crippen molar-refractivity contribution in [2.45, 2.75) is 32.2 Å². The molecule has 3 rings (SSSR count). The SMILES string of the molecule is CCn1nccc1-c1nccnc1C1CCN(C(=O)COC)CC1. The molecule has 24 heavy (non-hydrogen) atoms. The highest BCUT2D eigenvalue weighted by atomic mass is 16.5. The van der Waals surface area contributed by atoms with Gasteiger partial charge in [0.15, 0.2) is 0 Å². The van der Waals surface area contributed by atoms with E-state index in [2.05, 4.69) is 22.0 Å². The molecule has 1 aliphatic rings. The predicted molar refractivity (Wildman–Crippen MR) is 89.4 cm³/mol. The van der Waals surface area contributed by atoms with Crippen LogP contribution in [0.2, 0.25) is 0 Å². The van der Waals surface area contributed by atoms with Crippen LogP contribution in [-0.2, 0) is 16.1 Å². The van der Waals surface area contributed by atoms with Gasteiger partial charge in [-0.1, -0.05) is 0 Å². The monoisotopic (exact) mass is 329 g/mol. The number of aryl methyl sites for hydroxylation is 1. The van der Waals surface area contributed by atoms with Crippen LogP contribution in [0.25, 0.3) is 11.4 Å². The van der Waals surface area contributed by atoms with Crippen molar-refractivity contribution in [1.29, 1.82) is 0 Å². The Morgan fingerprint density at radius 3 is 2.71 bits per heavy atom. The quantitative estimate of drug-likeness (QED) is 0.835. The predicted octanol–water partition coefficient (Wildman–Crippen LogP) is 1.71. The van der Waals surface area contributed by atoms with Gasteiger partial charge in [-0.25, -0.2) is 0 Å². The summed E-state index contributed by atoms with van der Waals surface area (Å²) in [6.45, 7) is 4.47. The molecule has 2 aromatic rings. The van der Waals surface area contributed by atoms with Crippen molar-refractivity contribution in [1.82, 2.24) is 24.6 Å². The fourth-order valence-electron chi connectivity index (χ4n) is 3.25. The van der Waals surface area contributed by atoms with Crippen molar-refractivity contribution in [2.24, 2.45) is 0 Å². The van der Waals surface area contributed by atoms with E-state index in [1.165, 1.54) is 0 Å². The molecule has 1 fully saturated rings. The Kier molecular flexibility index (Phi) is 5.20. The second-order valence-corrected chi connectivity index (χ2v) is 5.91. The van der Waals surface area contributed by atoms with E-state index in [4.69, 9.17) is 4.74 Å². The molecule has 0 bridgehead atoms. The molecule has 1 aliphatic heterocycles. The smallest absolute Gasteiger partial charge is 0.248 e. The molecule has 0 aliphatic carbocycles. The standard InChI is InChI=1S/C17H23N5O2/c1-3-22-14(4-7-20-22)17-16(18-8-9-19-17)13-5-10-21(11-6-13)15(23)12-24-2/h4,7-9,13H,3,5-6,10-12H2,1-2H3. The third-order valence-corrected chi connectivity index (χ3v) is 4.49. The number of likely N-dealkylation sites (tertiary alicyclic amines) is 1. The number of hydrogen-bond donors (Lipinski definition) is 0. The lowest BCUT2D eigenvalue weighted by Gasteiger charge is -2.32. The maximum atomic E-state index is 11.9. The first-order chi connectivity index (χ1) is 11.7. The molecule has 0 radical (unpaired) electrons. The minimum Gasteiger partial charge on any atom is -0.375 e. The van der Waals surface area contributed by atoms with Gasteiger partial charge in [-0.15, -0.1) is 0 Å². The first kappa shape index (κ1) is 16.6. The summed E-state index contributed by atoms with van der Waals surface area (Å²) in [6.07, 6.45) is 7.04. The number of nitrogens with zero attached hydrogens (tertiary/aromatic N) is 5. The number of aromatic nitrogens is 4. The van der Waals surface area contributed by atoms with E-state index in [-0.39, 0.29) is 12.5 Å². The van der Waals surface area contributed by atoms with Gasteiger partial charge in [0, 0.05) is 51.3 Å². The Bertz CT molecular complexity index is 692. The summed E-state index contributed by atoms with van der Waals surface area (Å²) in [4.78, 5) is 23.0. The molecule has 0 spiro atoms. The molecular weight excluding hydrogens is 306 g/mol. The van der Waals surface area contributed by atoms with Gasteiger partial charge in [0.25, 0.3) is 0 Å². The fourth-order valence-corrected chi connectivity index (χ4v) is 3.25. The third-order valence-electron chi connectivity index (χ3n) is 4.49. The molecule has 128 valence electrons. The highest BCUT2D eigenvalue weighted by molar-refractivity contribution is 5.77. The highest BCUT2D eigenvalue weighted by Gasteiger charge is 2.27. The molecule has 0 saturated carbocycles. The Balaban J connectivity index is 1.78. The van der Waals surface area contributed by atoms with Crippen LogP contribution in [0.15, 0.2) is 24.7 Å². The number of amides is 1. The number of methoxy groups -OCH3 is 1. The largest absolute Gasteiger partial charge is 0.375 e. The molecule has 0 atom stereocenters. The van der Waals surface area contributed by atoms with E-state index in [9.17, 15) is 4.79 Å². The Hall–Kier alpha value is -2.28. The molecule has 1 saturated heterocycles. The average Bonchev–Trinajstić information content (AvgIpc) is 3.10. The molecule has 2 aromatic heterocycles. The number of ether oxygens (including phenoxy) is 1. The molecule has 7 heteroatoms. The second-order valence-electron chi connectivity index (χ2n) is 5.91. The van der Waals surface area contributed by atoms with Gasteiger partial charge >= 0.3 is 0 Å². The van der Waals surface area contributed by atoms with Crippen molar-refractivity contribution in [3.05, 3.63) is 30.4 Å². The summed E-state index contributed by atoms with van der Waals surface area (Å²) in [5.74, 6) is 0.361. The number of carbonyl (C=O) groups excluding carboxylic acids is 1. The zero-order valence-electron chi connectivity index (χ0n) is 14.2. The molecule has 1 amide bonds. The first-order valence-corrected chi connectivity index (χ1v) is 8.34. The number of rotatable bonds is 5. The lowest BCUT2D eigenvalue weighted by molar-refractivity contribution is -0.136. The molecule has 0 N–H and O–H groups in total. The Labute approximate surface area is 141 Å². The van der Waals surface area contributed by atoms with Gasteiger partial charge in [-0.05, 0) is 25.8 Å². The topological polar surface area (TPSA) is 73.1 Å². The lowest BCUT2D eigenvalue weighted by atomic mass is 9.91. The summed E-state index contributed by atoms with van der Waals surface area (Å²) >= 11 is 0. The van der Waals surface area contributed by atoms with Crippen LogP contribution >= 0.6 is 0 Å². The maximum Gasteiger partial charge on any atom is 0.248 e. The number of hydrogen-bond acceptors (Lipinski definition) is 5. The average molecular weight is 329 g/mol. The van der Waals surface area contributed by atoms with E-state index in [0.29, 0.717) is 5.92 Å². The zero-order valence-corrected chi connectivity index (χ0v) is 14.2. The van der Waals surface area contributed by atoms with Gasteiger partial charge < -0.3 is 9.64 Å². The third kappa shape index (κ3) is 3.31. The summed E-state index contributed by atoms with van der Waals surface area (Å²) < 4.78 is 6.87. The van der Waals surface area contributed by atoms with Gasteiger partial charge in [0.2, 0.25) is 5.91 Å². The Morgan fingerprint density at radius 1 is 1.25 bits per heavy atom. The molecule has 0 unspecified atom stereocenters. The summed E-state index contributed by atoms with van der Waals surface area (Å²) in [5.41, 5.74) is 2.91. The Morgan fingerprint density at radius 2 is 2.00 bits per heavy atom. The number of piperidine rings is 1. The van der Waals surface area contributed by atoms with Crippen LogP contribution in [0.5, 0.6) is 0 Å². The van der Waals surface area contributed by atoms with Crippen molar-refractivity contribution < 1.29 is 9.53 Å². The van der Waals surface area contributed by atoms with Crippen LogP contribution in [0, 0.1) is 0 Å². The van der Waals surface area contributed by atoms with Crippen molar-refractivity contribution in [3.63, 3.8) is 0 Å².